The van der Waals surface area contributed by atoms with E-state index in [9.17, 15) is 9.59 Å². The molecule has 6 heteroatoms. The van der Waals surface area contributed by atoms with E-state index >= 15 is 0 Å². The van der Waals surface area contributed by atoms with Crippen molar-refractivity contribution in [2.24, 2.45) is 0 Å². The Hall–Kier alpha value is -3.02. The molecule has 26 heavy (non-hydrogen) atoms. The van der Waals surface area contributed by atoms with Crippen LogP contribution < -0.4 is 14.8 Å². The molecule has 1 atom stereocenters. The van der Waals surface area contributed by atoms with Crippen LogP contribution in [-0.2, 0) is 16.0 Å². The van der Waals surface area contributed by atoms with Gasteiger partial charge in [0.1, 0.15) is 6.04 Å². The molecule has 1 amide bonds. The lowest BCUT2D eigenvalue weighted by atomic mass is 10.0. The van der Waals surface area contributed by atoms with Crippen molar-refractivity contribution in [3.63, 3.8) is 0 Å². The fourth-order valence-electron chi connectivity index (χ4n) is 2.51. The van der Waals surface area contributed by atoms with Crippen molar-refractivity contribution in [2.45, 2.75) is 19.4 Å². The van der Waals surface area contributed by atoms with E-state index in [1.54, 1.807) is 57.5 Å². The lowest BCUT2D eigenvalue weighted by Gasteiger charge is -2.18. The monoisotopic (exact) mass is 357 g/mol. The van der Waals surface area contributed by atoms with Crippen molar-refractivity contribution in [3.8, 4) is 11.5 Å². The van der Waals surface area contributed by atoms with Crippen LogP contribution in [0.15, 0.2) is 48.5 Å². The van der Waals surface area contributed by atoms with Gasteiger partial charge >= 0.3 is 5.97 Å². The van der Waals surface area contributed by atoms with Gasteiger partial charge in [0.15, 0.2) is 11.5 Å². The zero-order valence-corrected chi connectivity index (χ0v) is 15.2. The Morgan fingerprint density at radius 1 is 1.00 bits per heavy atom. The molecule has 0 bridgehead atoms. The molecule has 0 heterocycles. The summed E-state index contributed by atoms with van der Waals surface area (Å²) in [4.78, 5) is 24.7. The topological polar surface area (TPSA) is 73.9 Å². The highest BCUT2D eigenvalue weighted by atomic mass is 16.5. The number of rotatable bonds is 8. The molecule has 0 aliphatic heterocycles. The number of esters is 1. The smallest absolute Gasteiger partial charge is 0.328 e. The number of hydrogen-bond donors (Lipinski definition) is 1. The number of carbonyl (C=O) groups excluding carboxylic acids is 2. The first-order valence-electron chi connectivity index (χ1n) is 8.32. The van der Waals surface area contributed by atoms with Crippen LogP contribution in [-0.4, -0.2) is 38.7 Å². The molecule has 2 aromatic rings. The summed E-state index contributed by atoms with van der Waals surface area (Å²) in [6.07, 6.45) is 0.276. The maximum Gasteiger partial charge on any atom is 0.328 e. The van der Waals surface area contributed by atoms with Gasteiger partial charge in [0.25, 0.3) is 5.91 Å². The Balaban J connectivity index is 2.19. The Bertz CT molecular complexity index is 745. The van der Waals surface area contributed by atoms with Crippen LogP contribution in [0, 0.1) is 0 Å². The first kappa shape index (κ1) is 19.3. The molecule has 0 aromatic heterocycles. The summed E-state index contributed by atoms with van der Waals surface area (Å²) in [5, 5.41) is 2.75. The van der Waals surface area contributed by atoms with Crippen LogP contribution in [0.2, 0.25) is 0 Å². The van der Waals surface area contributed by atoms with E-state index in [0.29, 0.717) is 17.1 Å². The van der Waals surface area contributed by atoms with Gasteiger partial charge in [-0.15, -0.1) is 0 Å². The van der Waals surface area contributed by atoms with Crippen molar-refractivity contribution in [3.05, 3.63) is 59.7 Å². The second-order valence-electron chi connectivity index (χ2n) is 5.54. The zero-order valence-electron chi connectivity index (χ0n) is 15.2. The van der Waals surface area contributed by atoms with E-state index in [1.165, 1.54) is 0 Å². The molecule has 0 spiro atoms. The molecule has 0 aliphatic carbocycles. The number of methoxy groups -OCH3 is 2. The highest BCUT2D eigenvalue weighted by Gasteiger charge is 2.23. The minimum absolute atomic E-state index is 0.239. The molecule has 0 radical (unpaired) electrons. The Morgan fingerprint density at radius 2 is 1.69 bits per heavy atom. The number of amides is 1. The van der Waals surface area contributed by atoms with E-state index in [2.05, 4.69) is 5.32 Å². The van der Waals surface area contributed by atoms with Crippen molar-refractivity contribution >= 4 is 11.9 Å². The van der Waals surface area contributed by atoms with Gasteiger partial charge in [0.05, 0.1) is 20.8 Å². The van der Waals surface area contributed by atoms with E-state index < -0.39 is 12.0 Å². The highest BCUT2D eigenvalue weighted by Crippen LogP contribution is 2.28. The van der Waals surface area contributed by atoms with Crippen LogP contribution in [0.5, 0.6) is 11.5 Å². The third-order valence-corrected chi connectivity index (χ3v) is 3.80. The zero-order chi connectivity index (χ0) is 18.9. The fourth-order valence-corrected chi connectivity index (χ4v) is 2.51. The van der Waals surface area contributed by atoms with Crippen LogP contribution in [0.25, 0.3) is 0 Å². The maximum absolute atomic E-state index is 12.4. The van der Waals surface area contributed by atoms with E-state index in [1.807, 2.05) is 12.1 Å². The van der Waals surface area contributed by atoms with Crippen molar-refractivity contribution in [1.29, 1.82) is 0 Å². The van der Waals surface area contributed by atoms with Crippen LogP contribution in [0.4, 0.5) is 0 Å². The number of ether oxygens (including phenoxy) is 3. The molecule has 138 valence electrons. The lowest BCUT2D eigenvalue weighted by molar-refractivity contribution is -0.145. The predicted molar refractivity (Wildman–Crippen MR) is 97.6 cm³/mol. The summed E-state index contributed by atoms with van der Waals surface area (Å²) >= 11 is 0. The number of hydrogen-bond acceptors (Lipinski definition) is 5. The third kappa shape index (κ3) is 4.99. The minimum Gasteiger partial charge on any atom is -0.493 e. The summed E-state index contributed by atoms with van der Waals surface area (Å²) in [5.41, 5.74) is 1.29. The first-order valence-corrected chi connectivity index (χ1v) is 8.32. The predicted octanol–water partition coefficient (Wildman–Crippen LogP) is 2.61. The van der Waals surface area contributed by atoms with E-state index in [4.69, 9.17) is 14.2 Å². The molecule has 0 saturated carbocycles. The lowest BCUT2D eigenvalue weighted by Crippen LogP contribution is -2.43. The number of carbonyl (C=O) groups is 2. The second-order valence-corrected chi connectivity index (χ2v) is 5.54. The van der Waals surface area contributed by atoms with Crippen LogP contribution >= 0.6 is 0 Å². The largest absolute Gasteiger partial charge is 0.493 e. The maximum atomic E-state index is 12.4. The van der Waals surface area contributed by atoms with Crippen LogP contribution in [0.3, 0.4) is 0 Å². The number of nitrogens with one attached hydrogen (secondary N) is 1. The van der Waals surface area contributed by atoms with Gasteiger partial charge in [-0.1, -0.05) is 24.3 Å². The Labute approximate surface area is 153 Å². The quantitative estimate of drug-likeness (QED) is 0.735. The van der Waals surface area contributed by atoms with E-state index in [0.717, 1.165) is 5.56 Å². The molecular weight excluding hydrogens is 334 g/mol. The van der Waals surface area contributed by atoms with Gasteiger partial charge in [-0.2, -0.15) is 0 Å². The minimum atomic E-state index is -0.805. The third-order valence-electron chi connectivity index (χ3n) is 3.80. The molecule has 6 nitrogen and oxygen atoms in total. The van der Waals surface area contributed by atoms with Gasteiger partial charge < -0.3 is 19.5 Å². The molecule has 1 N–H and O–H groups in total. The SMILES string of the molecule is CCOC(=O)[C@H](Cc1ccc(OC)c(OC)c1)NC(=O)c1ccccc1. The molecule has 0 aliphatic rings. The van der Waals surface area contributed by atoms with Crippen LogP contribution in [0.1, 0.15) is 22.8 Å². The molecule has 2 rings (SSSR count). The summed E-state index contributed by atoms with van der Waals surface area (Å²) in [7, 11) is 3.10. The van der Waals surface area contributed by atoms with Gasteiger partial charge in [-0.25, -0.2) is 4.79 Å². The molecule has 0 saturated heterocycles. The second kappa shape index (κ2) is 9.46. The highest BCUT2D eigenvalue weighted by molar-refractivity contribution is 5.96. The Morgan fingerprint density at radius 3 is 2.31 bits per heavy atom. The van der Waals surface area contributed by atoms with E-state index in [-0.39, 0.29) is 18.9 Å². The van der Waals surface area contributed by atoms with Gasteiger partial charge in [-0.05, 0) is 36.8 Å². The average Bonchev–Trinajstić information content (AvgIpc) is 2.68. The van der Waals surface area contributed by atoms with Gasteiger partial charge in [0, 0.05) is 12.0 Å². The standard InChI is InChI=1S/C20H23NO5/c1-4-26-20(23)16(21-19(22)15-8-6-5-7-9-15)12-14-10-11-17(24-2)18(13-14)25-3/h5-11,13,16H,4,12H2,1-3H3,(H,21,22)/t16-/m0/s1. The van der Waals surface area contributed by atoms with Crippen molar-refractivity contribution < 1.29 is 23.8 Å². The summed E-state index contributed by atoms with van der Waals surface area (Å²) in [6.45, 7) is 1.97. The number of benzene rings is 2. The van der Waals surface area contributed by atoms with Crippen molar-refractivity contribution in [1.82, 2.24) is 5.32 Å². The average molecular weight is 357 g/mol. The molecular formula is C20H23NO5. The summed E-state index contributed by atoms with van der Waals surface area (Å²) in [5.74, 6) is 0.343. The molecule has 2 aromatic carbocycles. The van der Waals surface area contributed by atoms with Crippen molar-refractivity contribution in [2.75, 3.05) is 20.8 Å². The normalized spacial score (nSPS) is 11.3. The molecule has 0 unspecified atom stereocenters. The fraction of sp³-hybridized carbons (Fsp3) is 0.300. The molecule has 0 fully saturated rings. The Kier molecular flexibility index (Phi) is 7.02. The van der Waals surface area contributed by atoms with Gasteiger partial charge in [0.2, 0.25) is 0 Å². The van der Waals surface area contributed by atoms with Gasteiger partial charge in [-0.3, -0.25) is 4.79 Å². The summed E-state index contributed by atoms with van der Waals surface area (Å²) < 4.78 is 15.6. The summed E-state index contributed by atoms with van der Waals surface area (Å²) in [6, 6.07) is 13.3. The first-order chi connectivity index (χ1) is 12.6.